The molecule has 6 aliphatic heterocycles. The molecule has 9 atom stereocenters. The van der Waals surface area contributed by atoms with Crippen LogP contribution in [0, 0.1) is 0 Å². The summed E-state index contributed by atoms with van der Waals surface area (Å²) < 4.78 is 15.8. The van der Waals surface area contributed by atoms with Gasteiger partial charge < -0.3 is 29.5 Å². The summed E-state index contributed by atoms with van der Waals surface area (Å²) in [5.74, 6) is 0. The summed E-state index contributed by atoms with van der Waals surface area (Å²) in [5.41, 5.74) is 0. The van der Waals surface area contributed by atoms with E-state index < -0.39 is 0 Å². The van der Waals surface area contributed by atoms with Crippen molar-refractivity contribution in [3.8, 4) is 0 Å². The molecule has 6 heterocycles. The lowest BCUT2D eigenvalue weighted by atomic mass is 9.95. The maximum Gasteiger partial charge on any atom is 0.0941 e. The molecule has 3 fully saturated rings. The lowest BCUT2D eigenvalue weighted by Gasteiger charge is -2.23. The van der Waals surface area contributed by atoms with Crippen LogP contribution in [0.3, 0.4) is 0 Å². The summed E-state index contributed by atoms with van der Waals surface area (Å²) in [4.78, 5) is 0. The van der Waals surface area contributed by atoms with Gasteiger partial charge in [-0.2, -0.15) is 0 Å². The highest BCUT2D eigenvalue weighted by Gasteiger charge is 2.49. The second-order valence-corrected chi connectivity index (χ2v) is 13.4. The van der Waals surface area contributed by atoms with Gasteiger partial charge in [0, 0.05) is 0 Å². The van der Waals surface area contributed by atoms with E-state index in [4.69, 9.17) is 29.5 Å². The van der Waals surface area contributed by atoms with Crippen LogP contribution in [-0.2, 0) is 14.2 Å². The zero-order chi connectivity index (χ0) is 21.6. The molecule has 3 saturated heterocycles. The van der Waals surface area contributed by atoms with E-state index >= 15 is 0 Å². The highest BCUT2D eigenvalue weighted by atomic mass is 79.9. The second-order valence-electron chi connectivity index (χ2n) is 8.63. The van der Waals surface area contributed by atoms with Gasteiger partial charge in [0.25, 0.3) is 0 Å². The van der Waals surface area contributed by atoms with Gasteiger partial charge in [-0.1, -0.05) is 84.2 Å². The third-order valence-electron chi connectivity index (χ3n) is 6.41. The third kappa shape index (κ3) is 4.43. The van der Waals surface area contributed by atoms with Gasteiger partial charge in [0.15, 0.2) is 0 Å². The Bertz CT molecular complexity index is 636. The predicted molar refractivity (Wildman–Crippen MR) is 123 cm³/mol. The number of rotatable bonds is 3. The van der Waals surface area contributed by atoms with Crippen molar-refractivity contribution in [1.29, 1.82) is 0 Å². The molecule has 6 bridgehead atoms. The van der Waals surface area contributed by atoms with Gasteiger partial charge in [0.1, 0.15) is 0 Å². The monoisotopic (exact) mass is 612 g/mol. The van der Waals surface area contributed by atoms with Crippen molar-refractivity contribution in [2.24, 2.45) is 0 Å². The zero-order valence-corrected chi connectivity index (χ0v) is 21.1. The molecule has 0 spiro atoms. The van der Waals surface area contributed by atoms with Crippen molar-refractivity contribution in [3.05, 3.63) is 36.5 Å². The van der Waals surface area contributed by atoms with Crippen molar-refractivity contribution < 1.29 is 29.5 Å². The highest BCUT2D eigenvalue weighted by Crippen LogP contribution is 2.44. The van der Waals surface area contributed by atoms with Crippen molar-refractivity contribution in [1.82, 2.24) is 0 Å². The maximum atomic E-state index is 8.99. The predicted octanol–water partition coefficient (Wildman–Crippen LogP) is 2.52. The molecule has 30 heavy (non-hydrogen) atoms. The molecule has 6 aliphatic rings. The Hall–Kier alpha value is 0.420. The number of alkyl halides is 3. The average molecular weight is 615 g/mol. The van der Waals surface area contributed by atoms with E-state index in [9.17, 15) is 0 Å². The molecular weight excluding hydrogens is 588 g/mol. The average Bonchev–Trinajstić information content (AvgIpc) is 3.56. The van der Waals surface area contributed by atoms with Crippen LogP contribution < -0.4 is 0 Å². The lowest BCUT2D eigenvalue weighted by molar-refractivity contribution is 0.104. The topological polar surface area (TPSA) is 88.4 Å². The summed E-state index contributed by atoms with van der Waals surface area (Å²) in [7, 11) is 0. The van der Waals surface area contributed by atoms with E-state index in [2.05, 4.69) is 66.0 Å². The third-order valence-corrected chi connectivity index (χ3v) is 9.48. The molecule has 0 radical (unpaired) electrons. The lowest BCUT2D eigenvalue weighted by Crippen LogP contribution is -2.34. The van der Waals surface area contributed by atoms with E-state index in [0.717, 1.165) is 19.3 Å². The molecule has 3 N–H and O–H groups in total. The first-order valence-electron chi connectivity index (χ1n) is 10.1. The fourth-order valence-electron chi connectivity index (χ4n) is 4.56. The van der Waals surface area contributed by atoms with Gasteiger partial charge in [0.05, 0.1) is 69.4 Å². The molecule has 6 rings (SSSR count). The van der Waals surface area contributed by atoms with Crippen molar-refractivity contribution in [2.45, 2.75) is 68.9 Å². The van der Waals surface area contributed by atoms with Crippen molar-refractivity contribution >= 4 is 47.8 Å². The van der Waals surface area contributed by atoms with E-state index in [1.54, 1.807) is 0 Å². The Labute approximate surface area is 201 Å². The molecule has 0 unspecified atom stereocenters. The Morgan fingerprint density at radius 1 is 0.567 bits per heavy atom. The van der Waals surface area contributed by atoms with E-state index in [-0.39, 0.29) is 69.4 Å². The first-order chi connectivity index (χ1) is 14.2. The highest BCUT2D eigenvalue weighted by molar-refractivity contribution is 9.10. The number of fused-ring (bicyclic) bond motifs is 6. The number of ether oxygens (including phenoxy) is 3. The molecule has 0 aromatic rings. The second kappa shape index (κ2) is 8.99. The molecule has 168 valence electrons. The van der Waals surface area contributed by atoms with Crippen LogP contribution >= 0.6 is 47.8 Å². The minimum atomic E-state index is -0.188. The first kappa shape index (κ1) is 23.6. The molecule has 0 saturated carbocycles. The molecule has 0 amide bonds. The molecule has 0 aromatic carbocycles. The Balaban J connectivity index is 0.000000109. The van der Waals surface area contributed by atoms with E-state index in [1.807, 2.05) is 18.2 Å². The largest absolute Gasteiger partial charge is 0.395 e. The Morgan fingerprint density at radius 2 is 0.833 bits per heavy atom. The van der Waals surface area contributed by atoms with Gasteiger partial charge in [-0.25, -0.2) is 0 Å². The van der Waals surface area contributed by atoms with E-state index in [1.165, 1.54) is 0 Å². The molecular formula is C21H27Br3O6. The van der Waals surface area contributed by atoms with Gasteiger partial charge in [0.2, 0.25) is 0 Å². The Morgan fingerprint density at radius 3 is 0.933 bits per heavy atom. The summed E-state index contributed by atoms with van der Waals surface area (Å²) in [5, 5.41) is 27.0. The standard InChI is InChI=1S/3C7H9BrO2/c3*8-7(4-9)3-5-1-2-6(7)10-5/h3*1-2,5-6,9H,3-4H2/t3*5-,6+,7-/m111/s1. The van der Waals surface area contributed by atoms with Crippen LogP contribution in [0.5, 0.6) is 0 Å². The van der Waals surface area contributed by atoms with Crippen molar-refractivity contribution in [3.63, 3.8) is 0 Å². The Kier molecular flexibility index (Phi) is 7.06. The van der Waals surface area contributed by atoms with Crippen LogP contribution in [0.25, 0.3) is 0 Å². The van der Waals surface area contributed by atoms with Gasteiger partial charge in [-0.15, -0.1) is 0 Å². The summed E-state index contributed by atoms with van der Waals surface area (Å²) in [6.07, 6.45) is 15.8. The number of aliphatic hydroxyl groups excluding tert-OH is 3. The van der Waals surface area contributed by atoms with Crippen LogP contribution in [0.2, 0.25) is 0 Å². The minimum absolute atomic E-state index is 0.0856. The molecule has 0 aliphatic carbocycles. The number of hydrogen-bond acceptors (Lipinski definition) is 6. The van der Waals surface area contributed by atoms with Gasteiger partial charge >= 0.3 is 0 Å². The van der Waals surface area contributed by atoms with E-state index in [0.29, 0.717) is 0 Å². The number of hydrogen-bond donors (Lipinski definition) is 3. The summed E-state index contributed by atoms with van der Waals surface area (Å²) in [6.45, 7) is 0.454. The maximum absolute atomic E-state index is 8.99. The molecule has 6 nitrogen and oxygen atoms in total. The van der Waals surface area contributed by atoms with Crippen molar-refractivity contribution in [2.75, 3.05) is 19.8 Å². The number of aliphatic hydroxyl groups is 3. The van der Waals surface area contributed by atoms with Crippen LogP contribution in [-0.4, -0.2) is 84.7 Å². The van der Waals surface area contributed by atoms with Crippen LogP contribution in [0.15, 0.2) is 36.5 Å². The smallest absolute Gasteiger partial charge is 0.0941 e. The normalized spacial score (nSPS) is 50.6. The zero-order valence-electron chi connectivity index (χ0n) is 16.4. The first-order valence-corrected chi connectivity index (χ1v) is 12.5. The SMILES string of the molecule is OC[C@]1(Br)C[C@H]2C=C[C@@H]1O2.OC[C@]1(Br)C[C@H]2C=C[C@@H]1O2.OC[C@]1(Br)C[C@H]2C=C[C@@H]1O2. The van der Waals surface area contributed by atoms with Gasteiger partial charge in [-0.3, -0.25) is 0 Å². The van der Waals surface area contributed by atoms with Crippen LogP contribution in [0.4, 0.5) is 0 Å². The summed E-state index contributed by atoms with van der Waals surface area (Å²) in [6, 6.07) is 0. The fourth-order valence-corrected chi connectivity index (χ4v) is 6.30. The number of halogens is 3. The minimum Gasteiger partial charge on any atom is -0.395 e. The summed E-state index contributed by atoms with van der Waals surface area (Å²) >= 11 is 10.4. The fraction of sp³-hybridized carbons (Fsp3) is 0.714. The molecule has 9 heteroatoms. The van der Waals surface area contributed by atoms with Gasteiger partial charge in [-0.05, 0) is 19.3 Å². The quantitative estimate of drug-likeness (QED) is 0.335. The molecule has 0 aromatic heterocycles. The van der Waals surface area contributed by atoms with Crippen LogP contribution in [0.1, 0.15) is 19.3 Å².